The predicted molar refractivity (Wildman–Crippen MR) is 99.0 cm³/mol. The van der Waals surface area contributed by atoms with Gasteiger partial charge in [-0.05, 0) is 49.8 Å². The molecule has 1 aromatic heterocycles. The average Bonchev–Trinajstić information content (AvgIpc) is 2.99. The molecule has 6 nitrogen and oxygen atoms in total. The van der Waals surface area contributed by atoms with Crippen molar-refractivity contribution >= 4 is 39.3 Å². The van der Waals surface area contributed by atoms with E-state index < -0.39 is 5.63 Å². The van der Waals surface area contributed by atoms with Crippen LogP contribution in [0.5, 0.6) is 0 Å². The lowest BCUT2D eigenvalue weighted by Gasteiger charge is -2.06. The van der Waals surface area contributed by atoms with E-state index in [0.29, 0.717) is 10.8 Å². The summed E-state index contributed by atoms with van der Waals surface area (Å²) in [5.41, 5.74) is 1.05. The number of carbonyl (C=O) groups is 1. The maximum absolute atomic E-state index is 12.1. The molecule has 1 heterocycles. The number of carbonyl (C=O) groups excluding carboxylic acids is 1. The Bertz CT molecular complexity index is 924. The number of hydrogen-bond donors (Lipinski definition) is 2. The topological polar surface area (TPSA) is 79.0 Å². The van der Waals surface area contributed by atoms with Crippen LogP contribution in [0.15, 0.2) is 73.4 Å². The van der Waals surface area contributed by atoms with Gasteiger partial charge in [0.15, 0.2) is 0 Å². The summed E-state index contributed by atoms with van der Waals surface area (Å²) in [7, 11) is 0. The molecule has 3 aromatic rings. The molecular formula is C17H15BrN3O3S+. The smallest absolute Gasteiger partial charge is 0.325 e. The number of benzene rings is 2. The molecule has 0 aliphatic carbocycles. The second kappa shape index (κ2) is 8.17. The van der Waals surface area contributed by atoms with Crippen LogP contribution in [0, 0.1) is 0 Å². The third-order valence-electron chi connectivity index (χ3n) is 3.34. The first kappa shape index (κ1) is 17.5. The molecule has 0 saturated carbocycles. The zero-order chi connectivity index (χ0) is 17.6. The summed E-state index contributed by atoms with van der Waals surface area (Å²) in [6, 6.07) is 16.7. The van der Waals surface area contributed by atoms with Gasteiger partial charge < -0.3 is 5.32 Å². The van der Waals surface area contributed by atoms with Gasteiger partial charge >= 0.3 is 10.7 Å². The second-order valence-electron chi connectivity index (χ2n) is 5.08. The van der Waals surface area contributed by atoms with Gasteiger partial charge in [-0.2, -0.15) is 0 Å². The molecule has 0 unspecified atom stereocenters. The van der Waals surface area contributed by atoms with Crippen LogP contribution in [-0.2, 0) is 4.79 Å². The van der Waals surface area contributed by atoms with Crippen LogP contribution < -0.4 is 15.6 Å². The maximum atomic E-state index is 12.1. The molecule has 8 heteroatoms. The van der Waals surface area contributed by atoms with E-state index in [1.54, 1.807) is 4.68 Å². The van der Waals surface area contributed by atoms with Crippen LogP contribution in [0.4, 0.5) is 5.69 Å². The van der Waals surface area contributed by atoms with Crippen molar-refractivity contribution in [2.24, 2.45) is 0 Å². The quantitative estimate of drug-likeness (QED) is 0.474. The number of nitrogens with one attached hydrogen (secondary N) is 2. The Morgan fingerprint density at radius 1 is 1.16 bits per heavy atom. The van der Waals surface area contributed by atoms with Crippen molar-refractivity contribution in [3.8, 4) is 5.69 Å². The molecule has 0 fully saturated rings. The molecular weight excluding hydrogens is 406 g/mol. The molecule has 0 bridgehead atoms. The highest BCUT2D eigenvalue weighted by atomic mass is 79.9. The Morgan fingerprint density at radius 3 is 2.64 bits per heavy atom. The first-order chi connectivity index (χ1) is 12.1. The summed E-state index contributed by atoms with van der Waals surface area (Å²) in [5.74, 6) is 0.330. The number of hydrogen-bond acceptors (Lipinski definition) is 4. The van der Waals surface area contributed by atoms with E-state index in [-0.39, 0.29) is 12.3 Å². The first-order valence-electron chi connectivity index (χ1n) is 7.51. The first-order valence-corrected chi connectivity index (χ1v) is 9.29. The molecule has 0 spiro atoms. The highest BCUT2D eigenvalue weighted by molar-refractivity contribution is 9.10. The molecule has 1 amide bonds. The Hall–Kier alpha value is -2.32. The fourth-order valence-electron chi connectivity index (χ4n) is 2.15. The van der Waals surface area contributed by atoms with Crippen LogP contribution in [0.1, 0.15) is 6.42 Å². The Labute approximate surface area is 156 Å². The van der Waals surface area contributed by atoms with Crippen molar-refractivity contribution < 1.29 is 14.0 Å². The molecule has 25 heavy (non-hydrogen) atoms. The lowest BCUT2D eigenvalue weighted by atomic mass is 10.3. The number of halogens is 1. The van der Waals surface area contributed by atoms with Gasteiger partial charge in [-0.3, -0.25) is 9.32 Å². The number of nitrogens with zero attached hydrogens (tertiary/aromatic N) is 1. The molecule has 0 atom stereocenters. The Morgan fingerprint density at radius 2 is 1.88 bits per heavy atom. The summed E-state index contributed by atoms with van der Waals surface area (Å²) in [6.07, 6.45) is 0.269. The van der Waals surface area contributed by atoms with Gasteiger partial charge in [-0.1, -0.05) is 30.3 Å². The molecule has 2 aromatic carbocycles. The fraction of sp³-hybridized carbons (Fsp3) is 0.118. The van der Waals surface area contributed by atoms with Crippen LogP contribution in [-0.4, -0.2) is 16.9 Å². The predicted octanol–water partition coefficient (Wildman–Crippen LogP) is 3.13. The number of amides is 1. The number of thioether (sulfide) groups is 1. The van der Waals surface area contributed by atoms with Crippen molar-refractivity contribution in [1.82, 2.24) is 5.27 Å². The SMILES string of the molecule is O=C(CCSc1c(=O)o[nH][n+]1-c1ccccc1)Nc1ccccc1Br. The third-order valence-corrected chi connectivity index (χ3v) is 5.06. The van der Waals surface area contributed by atoms with Gasteiger partial charge in [0.2, 0.25) is 11.6 Å². The van der Waals surface area contributed by atoms with Crippen molar-refractivity contribution in [3.05, 3.63) is 69.5 Å². The minimum atomic E-state index is -0.458. The van der Waals surface area contributed by atoms with Gasteiger partial charge in [0.25, 0.3) is 0 Å². The van der Waals surface area contributed by atoms with E-state index in [1.165, 1.54) is 11.8 Å². The van der Waals surface area contributed by atoms with Crippen LogP contribution in [0.25, 0.3) is 5.69 Å². The van der Waals surface area contributed by atoms with E-state index in [1.807, 2.05) is 54.6 Å². The van der Waals surface area contributed by atoms with Gasteiger partial charge in [-0.15, -0.1) is 0 Å². The summed E-state index contributed by atoms with van der Waals surface area (Å²) in [4.78, 5) is 23.9. The summed E-state index contributed by atoms with van der Waals surface area (Å²) >= 11 is 4.66. The van der Waals surface area contributed by atoms with Gasteiger partial charge in [-0.25, -0.2) is 4.79 Å². The number of H-pyrrole nitrogens is 1. The highest BCUT2D eigenvalue weighted by Gasteiger charge is 2.23. The fourth-order valence-corrected chi connectivity index (χ4v) is 3.45. The molecule has 0 aliphatic heterocycles. The monoisotopic (exact) mass is 420 g/mol. The third kappa shape index (κ3) is 4.40. The molecule has 128 valence electrons. The molecule has 0 radical (unpaired) electrons. The Balaban J connectivity index is 1.61. The van der Waals surface area contributed by atoms with Gasteiger partial charge in [0, 0.05) is 28.8 Å². The summed E-state index contributed by atoms with van der Waals surface area (Å²) in [6.45, 7) is 0. The molecule has 2 N–H and O–H groups in total. The number of para-hydroxylation sites is 2. The minimum absolute atomic E-state index is 0.120. The van der Waals surface area contributed by atoms with E-state index in [0.717, 1.165) is 15.8 Å². The molecule has 3 rings (SSSR count). The van der Waals surface area contributed by atoms with Crippen molar-refractivity contribution in [3.63, 3.8) is 0 Å². The van der Waals surface area contributed by atoms with Gasteiger partial charge in [0.1, 0.15) is 0 Å². The Kier molecular flexibility index (Phi) is 5.72. The van der Waals surface area contributed by atoms with Gasteiger partial charge in [0.05, 0.1) is 5.69 Å². The van der Waals surface area contributed by atoms with Crippen LogP contribution in [0.2, 0.25) is 0 Å². The highest BCUT2D eigenvalue weighted by Crippen LogP contribution is 2.21. The normalized spacial score (nSPS) is 10.6. The second-order valence-corrected chi connectivity index (χ2v) is 7.02. The van der Waals surface area contributed by atoms with Crippen molar-refractivity contribution in [2.45, 2.75) is 11.4 Å². The number of aromatic nitrogens is 2. The number of rotatable bonds is 6. The lowest BCUT2D eigenvalue weighted by Crippen LogP contribution is -2.36. The lowest BCUT2D eigenvalue weighted by molar-refractivity contribution is -0.704. The average molecular weight is 421 g/mol. The standard InChI is InChI=1S/C17H14BrN3O3S/c18-13-8-4-5-9-14(13)19-15(22)10-11-25-16-17(23)24-20-21(16)12-6-2-1-3-7-12/h1-9H,10-11H2,(H-,19,20,22,23)/p+1. The van der Waals surface area contributed by atoms with Crippen LogP contribution in [0.3, 0.4) is 0 Å². The zero-order valence-corrected chi connectivity index (χ0v) is 15.5. The largest absolute Gasteiger partial charge is 0.442 e. The van der Waals surface area contributed by atoms with Crippen molar-refractivity contribution in [1.29, 1.82) is 0 Å². The van der Waals surface area contributed by atoms with Crippen molar-refractivity contribution in [2.75, 3.05) is 11.1 Å². The van der Waals surface area contributed by atoms with E-state index in [2.05, 4.69) is 26.5 Å². The summed E-state index contributed by atoms with van der Waals surface area (Å²) in [5, 5.41) is 5.82. The minimum Gasteiger partial charge on any atom is -0.325 e. The number of anilines is 1. The summed E-state index contributed by atoms with van der Waals surface area (Å²) < 4.78 is 7.27. The van der Waals surface area contributed by atoms with E-state index in [9.17, 15) is 9.59 Å². The zero-order valence-electron chi connectivity index (χ0n) is 13.1. The molecule has 0 aliphatic rings. The van der Waals surface area contributed by atoms with Crippen LogP contribution >= 0.6 is 27.7 Å². The van der Waals surface area contributed by atoms with E-state index >= 15 is 0 Å². The molecule has 0 saturated heterocycles. The number of aromatic amines is 1. The maximum Gasteiger partial charge on any atom is 0.442 e. The van der Waals surface area contributed by atoms with E-state index in [4.69, 9.17) is 4.52 Å².